The SMILES string of the molecule is Cc1cccc2c1CN(c1ccc(-c3cnn(CC(C)C)c3C)c(C(C)C)n1)CC2.O=CNc1nc2cccnc2s1. The van der Waals surface area contributed by atoms with E-state index in [0.29, 0.717) is 23.4 Å². The molecule has 5 heterocycles. The van der Waals surface area contributed by atoms with Gasteiger partial charge in [0.25, 0.3) is 0 Å². The average Bonchev–Trinajstić information content (AvgIpc) is 3.55. The van der Waals surface area contributed by atoms with Crippen molar-refractivity contribution < 1.29 is 4.79 Å². The number of nitrogens with zero attached hydrogens (tertiary/aromatic N) is 6. The molecule has 0 unspecified atom stereocenters. The van der Waals surface area contributed by atoms with Gasteiger partial charge in [0.1, 0.15) is 16.2 Å². The van der Waals surface area contributed by atoms with Crippen LogP contribution in [0.5, 0.6) is 0 Å². The first kappa shape index (κ1) is 29.4. The van der Waals surface area contributed by atoms with Crippen LogP contribution in [-0.2, 0) is 24.3 Å². The van der Waals surface area contributed by atoms with E-state index in [0.717, 1.165) is 47.9 Å². The van der Waals surface area contributed by atoms with Gasteiger partial charge in [-0.2, -0.15) is 5.10 Å². The number of hydrogen-bond donors (Lipinski definition) is 1. The van der Waals surface area contributed by atoms with E-state index in [1.807, 2.05) is 18.3 Å². The highest BCUT2D eigenvalue weighted by Crippen LogP contribution is 2.34. The Bertz CT molecular complexity index is 1650. The minimum atomic E-state index is 0.353. The maximum atomic E-state index is 10.1. The number of benzene rings is 1. The van der Waals surface area contributed by atoms with E-state index in [1.165, 1.54) is 44.8 Å². The number of fused-ring (bicyclic) bond motifs is 2. The Morgan fingerprint density at radius 3 is 2.60 bits per heavy atom. The fourth-order valence-corrected chi connectivity index (χ4v) is 6.14. The molecular formula is C33H39N7OS. The molecule has 9 heteroatoms. The molecule has 1 amide bonds. The maximum absolute atomic E-state index is 10.1. The number of amides is 1. The minimum Gasteiger partial charge on any atom is -0.352 e. The lowest BCUT2D eigenvalue weighted by Gasteiger charge is -2.31. The Kier molecular flexibility index (Phi) is 8.97. The monoisotopic (exact) mass is 581 g/mol. The number of carbonyl (C=O) groups is 1. The smallest absolute Gasteiger partial charge is 0.213 e. The summed E-state index contributed by atoms with van der Waals surface area (Å²) < 4.78 is 2.13. The van der Waals surface area contributed by atoms with Crippen molar-refractivity contribution in [3.8, 4) is 11.1 Å². The summed E-state index contributed by atoms with van der Waals surface area (Å²) in [5.74, 6) is 2.02. The molecule has 1 aliphatic rings. The van der Waals surface area contributed by atoms with Crippen LogP contribution in [-0.4, -0.2) is 37.7 Å². The third-order valence-corrected chi connectivity index (χ3v) is 8.48. The Labute approximate surface area is 251 Å². The number of pyridine rings is 2. The predicted molar refractivity (Wildman–Crippen MR) is 172 cm³/mol. The van der Waals surface area contributed by atoms with Gasteiger partial charge in [-0.1, -0.05) is 57.2 Å². The zero-order valence-corrected chi connectivity index (χ0v) is 26.1. The summed E-state index contributed by atoms with van der Waals surface area (Å²) >= 11 is 1.36. The van der Waals surface area contributed by atoms with Crippen LogP contribution in [0.1, 0.15) is 61.7 Å². The van der Waals surface area contributed by atoms with Gasteiger partial charge in [0.15, 0.2) is 5.13 Å². The van der Waals surface area contributed by atoms with Gasteiger partial charge in [0.2, 0.25) is 6.41 Å². The second kappa shape index (κ2) is 12.8. The number of hydrogen-bond acceptors (Lipinski definition) is 7. The summed E-state index contributed by atoms with van der Waals surface area (Å²) in [7, 11) is 0. The minimum absolute atomic E-state index is 0.353. The molecule has 1 aliphatic heterocycles. The average molecular weight is 582 g/mol. The van der Waals surface area contributed by atoms with E-state index in [4.69, 9.17) is 4.98 Å². The summed E-state index contributed by atoms with van der Waals surface area (Å²) in [6, 6.07) is 14.8. The van der Waals surface area contributed by atoms with Crippen LogP contribution in [0.2, 0.25) is 0 Å². The molecule has 0 saturated carbocycles. The van der Waals surface area contributed by atoms with Crippen molar-refractivity contribution in [2.75, 3.05) is 16.8 Å². The summed E-state index contributed by atoms with van der Waals surface area (Å²) in [6.07, 6.45) is 5.40. The Hall–Kier alpha value is -4.11. The maximum Gasteiger partial charge on any atom is 0.213 e. The van der Waals surface area contributed by atoms with Gasteiger partial charge in [-0.15, -0.1) is 0 Å². The second-order valence-corrected chi connectivity index (χ2v) is 12.4. The van der Waals surface area contributed by atoms with Crippen molar-refractivity contribution in [2.24, 2.45) is 5.92 Å². The van der Waals surface area contributed by atoms with Crippen molar-refractivity contribution in [1.82, 2.24) is 24.7 Å². The molecule has 0 radical (unpaired) electrons. The fraction of sp³-hybridized carbons (Fsp3) is 0.364. The molecule has 0 spiro atoms. The van der Waals surface area contributed by atoms with Crippen molar-refractivity contribution in [1.29, 1.82) is 0 Å². The first-order chi connectivity index (χ1) is 20.2. The Balaban J connectivity index is 0.000000244. The van der Waals surface area contributed by atoms with E-state index < -0.39 is 0 Å². The molecule has 1 aromatic carbocycles. The summed E-state index contributed by atoms with van der Waals surface area (Å²) in [4.78, 5) is 26.7. The molecule has 4 aromatic heterocycles. The standard InChI is InChI=1S/C26H34N4.C7H5N3OS/c1-17(2)15-30-20(6)23(14-27-30)22-10-11-25(28-26(22)18(3)4)29-13-12-21-9-7-8-19(5)24(21)16-29;11-4-9-7-10-5-2-1-3-8-6(5)12-7/h7-11,14,17-18H,12-13,15-16H2,1-6H3;1-4H,(H,9,10,11). The molecule has 42 heavy (non-hydrogen) atoms. The molecule has 218 valence electrons. The number of carbonyl (C=O) groups excluding carboxylic acids is 1. The van der Waals surface area contributed by atoms with Gasteiger partial charge in [0, 0.05) is 42.7 Å². The Morgan fingerprint density at radius 2 is 1.86 bits per heavy atom. The lowest BCUT2D eigenvalue weighted by Crippen LogP contribution is -2.31. The summed E-state index contributed by atoms with van der Waals surface area (Å²) in [6.45, 7) is 16.2. The molecule has 0 saturated heterocycles. The van der Waals surface area contributed by atoms with Crippen LogP contribution in [0.3, 0.4) is 0 Å². The normalized spacial score (nSPS) is 12.8. The van der Waals surface area contributed by atoms with Crippen LogP contribution in [0.15, 0.2) is 54.9 Å². The van der Waals surface area contributed by atoms with E-state index in [9.17, 15) is 4.79 Å². The molecule has 5 aromatic rings. The highest BCUT2D eigenvalue weighted by atomic mass is 32.1. The second-order valence-electron chi connectivity index (χ2n) is 11.5. The van der Waals surface area contributed by atoms with Gasteiger partial charge >= 0.3 is 0 Å². The van der Waals surface area contributed by atoms with Gasteiger partial charge in [-0.3, -0.25) is 9.48 Å². The fourth-order valence-electron chi connectivity index (χ4n) is 5.38. The predicted octanol–water partition coefficient (Wildman–Crippen LogP) is 7.16. The highest BCUT2D eigenvalue weighted by molar-refractivity contribution is 7.21. The molecule has 6 rings (SSSR count). The van der Waals surface area contributed by atoms with Crippen LogP contribution in [0.4, 0.5) is 10.9 Å². The quantitative estimate of drug-likeness (QED) is 0.205. The number of thiazole rings is 1. The van der Waals surface area contributed by atoms with Crippen LogP contribution < -0.4 is 10.2 Å². The molecular weight excluding hydrogens is 542 g/mol. The number of aromatic nitrogens is 5. The molecule has 0 aliphatic carbocycles. The first-order valence-electron chi connectivity index (χ1n) is 14.5. The molecule has 8 nitrogen and oxygen atoms in total. The molecule has 0 bridgehead atoms. The summed E-state index contributed by atoms with van der Waals surface area (Å²) in [5.41, 5.74) is 9.95. The summed E-state index contributed by atoms with van der Waals surface area (Å²) in [5, 5.41) is 7.72. The third kappa shape index (κ3) is 6.36. The van der Waals surface area contributed by atoms with Crippen molar-refractivity contribution in [3.05, 3.63) is 82.9 Å². The topological polar surface area (TPSA) is 88.8 Å². The third-order valence-electron chi connectivity index (χ3n) is 7.57. The van der Waals surface area contributed by atoms with Crippen molar-refractivity contribution in [2.45, 2.75) is 67.0 Å². The van der Waals surface area contributed by atoms with Crippen LogP contribution in [0, 0.1) is 19.8 Å². The number of rotatable bonds is 7. The number of nitrogens with one attached hydrogen (secondary N) is 1. The number of aryl methyl sites for hydroxylation is 1. The highest BCUT2D eigenvalue weighted by Gasteiger charge is 2.22. The van der Waals surface area contributed by atoms with Gasteiger partial charge in [-0.05, 0) is 73.1 Å². The van der Waals surface area contributed by atoms with E-state index in [1.54, 1.807) is 6.20 Å². The lowest BCUT2D eigenvalue weighted by atomic mass is 9.95. The van der Waals surface area contributed by atoms with Crippen LogP contribution in [0.25, 0.3) is 21.5 Å². The van der Waals surface area contributed by atoms with Gasteiger partial charge < -0.3 is 10.2 Å². The van der Waals surface area contributed by atoms with Crippen molar-refractivity contribution >= 4 is 39.0 Å². The van der Waals surface area contributed by atoms with E-state index in [-0.39, 0.29) is 0 Å². The lowest BCUT2D eigenvalue weighted by molar-refractivity contribution is -0.105. The zero-order valence-electron chi connectivity index (χ0n) is 25.3. The van der Waals surface area contributed by atoms with E-state index in [2.05, 4.69) is 102 Å². The zero-order chi connectivity index (χ0) is 29.8. The van der Waals surface area contributed by atoms with Gasteiger partial charge in [-0.25, -0.2) is 15.0 Å². The van der Waals surface area contributed by atoms with Gasteiger partial charge in [0.05, 0.1) is 11.9 Å². The largest absolute Gasteiger partial charge is 0.352 e. The number of anilines is 2. The Morgan fingerprint density at radius 1 is 1.02 bits per heavy atom. The first-order valence-corrected chi connectivity index (χ1v) is 15.3. The van der Waals surface area contributed by atoms with E-state index >= 15 is 0 Å². The molecule has 0 atom stereocenters. The van der Waals surface area contributed by atoms with Crippen LogP contribution >= 0.6 is 11.3 Å². The molecule has 0 fully saturated rings. The van der Waals surface area contributed by atoms with Crippen molar-refractivity contribution in [3.63, 3.8) is 0 Å². The molecule has 1 N–H and O–H groups in total.